The van der Waals surface area contributed by atoms with Crippen LogP contribution in [-0.2, 0) is 13.0 Å². The largest absolute Gasteiger partial charge is 0.366 e. The second-order valence-electron chi connectivity index (χ2n) is 6.44. The number of carbonyl (C=O) groups is 1. The smallest absolute Gasteiger partial charge is 0.276 e. The van der Waals surface area contributed by atoms with Crippen molar-refractivity contribution in [3.63, 3.8) is 0 Å². The van der Waals surface area contributed by atoms with Crippen molar-refractivity contribution in [3.8, 4) is 11.4 Å². The molecular formula is C20H20N4O2. The first kappa shape index (κ1) is 16.3. The van der Waals surface area contributed by atoms with E-state index in [1.54, 1.807) is 0 Å². The maximum atomic E-state index is 12.9. The lowest BCUT2D eigenvalue weighted by atomic mass is 10.1. The first-order valence-electron chi connectivity index (χ1n) is 8.87. The quantitative estimate of drug-likeness (QED) is 0.763. The lowest BCUT2D eigenvalue weighted by Gasteiger charge is -2.09. The van der Waals surface area contributed by atoms with E-state index in [9.17, 15) is 9.59 Å². The monoisotopic (exact) mass is 348 g/mol. The molecule has 0 bridgehead atoms. The van der Waals surface area contributed by atoms with Gasteiger partial charge >= 0.3 is 0 Å². The van der Waals surface area contributed by atoms with Gasteiger partial charge < -0.3 is 14.9 Å². The Balaban J connectivity index is 1.76. The van der Waals surface area contributed by atoms with Gasteiger partial charge in [-0.3, -0.25) is 9.59 Å². The van der Waals surface area contributed by atoms with Gasteiger partial charge in [0.15, 0.2) is 0 Å². The highest BCUT2D eigenvalue weighted by Crippen LogP contribution is 2.27. The number of hydrogen-bond acceptors (Lipinski definition) is 3. The number of aromatic amines is 1. The normalized spacial score (nSPS) is 13.7. The molecule has 1 aromatic carbocycles. The van der Waals surface area contributed by atoms with E-state index in [1.165, 1.54) is 18.5 Å². The van der Waals surface area contributed by atoms with Gasteiger partial charge in [-0.2, -0.15) is 0 Å². The van der Waals surface area contributed by atoms with Crippen molar-refractivity contribution in [1.29, 1.82) is 0 Å². The van der Waals surface area contributed by atoms with Crippen molar-refractivity contribution in [1.82, 2.24) is 14.5 Å². The molecule has 4 rings (SSSR count). The van der Waals surface area contributed by atoms with Gasteiger partial charge in [-0.05, 0) is 19.3 Å². The van der Waals surface area contributed by atoms with Gasteiger partial charge in [0, 0.05) is 30.6 Å². The number of amides is 1. The molecule has 0 spiro atoms. The molecular weight excluding hydrogens is 328 g/mol. The highest BCUT2D eigenvalue weighted by atomic mass is 16.2. The number of rotatable bonds is 3. The number of imidazole rings is 1. The standard InChI is InChI=1S/C20H20N4O2/c25-17-10-11-21-13-15(17)22-20(26)18-16-9-5-2-6-12-24(16)19(23-18)14-7-3-1-4-8-14/h1,3-4,7-8,10-11,13H,2,5-6,9,12H2,(H,21,25)(H,22,26). The molecule has 1 aliphatic rings. The number of benzene rings is 1. The highest BCUT2D eigenvalue weighted by Gasteiger charge is 2.24. The van der Waals surface area contributed by atoms with E-state index in [0.29, 0.717) is 5.69 Å². The maximum Gasteiger partial charge on any atom is 0.276 e. The predicted octanol–water partition coefficient (Wildman–Crippen LogP) is 3.22. The summed E-state index contributed by atoms with van der Waals surface area (Å²) >= 11 is 0. The minimum atomic E-state index is -0.338. The van der Waals surface area contributed by atoms with Crippen molar-refractivity contribution in [3.05, 3.63) is 70.4 Å². The molecule has 26 heavy (non-hydrogen) atoms. The van der Waals surface area contributed by atoms with Gasteiger partial charge in [-0.1, -0.05) is 36.8 Å². The molecule has 0 fully saturated rings. The lowest BCUT2D eigenvalue weighted by molar-refractivity contribution is 0.102. The fourth-order valence-corrected chi connectivity index (χ4v) is 3.40. The van der Waals surface area contributed by atoms with E-state index in [2.05, 4.69) is 19.9 Å². The Kier molecular flexibility index (Phi) is 4.39. The lowest BCUT2D eigenvalue weighted by Crippen LogP contribution is -2.20. The van der Waals surface area contributed by atoms with Crippen molar-refractivity contribution in [2.75, 3.05) is 5.32 Å². The van der Waals surface area contributed by atoms with Crippen LogP contribution in [0.15, 0.2) is 53.6 Å². The topological polar surface area (TPSA) is 79.8 Å². The Morgan fingerprint density at radius 2 is 1.96 bits per heavy atom. The SMILES string of the molecule is O=C(Nc1c[nH]ccc1=O)c1nc(-c2ccccc2)n2c1CCCCC2. The van der Waals surface area contributed by atoms with Crippen LogP contribution >= 0.6 is 0 Å². The third-order valence-electron chi connectivity index (χ3n) is 4.69. The van der Waals surface area contributed by atoms with Crippen molar-refractivity contribution >= 4 is 11.6 Å². The number of nitrogens with zero attached hydrogens (tertiary/aromatic N) is 2. The van der Waals surface area contributed by atoms with Crippen LogP contribution < -0.4 is 10.7 Å². The zero-order valence-corrected chi connectivity index (χ0v) is 14.4. The molecule has 6 heteroatoms. The summed E-state index contributed by atoms with van der Waals surface area (Å²) in [6.07, 6.45) is 7.08. The molecule has 0 radical (unpaired) electrons. The highest BCUT2D eigenvalue weighted by molar-refractivity contribution is 6.04. The summed E-state index contributed by atoms with van der Waals surface area (Å²) in [7, 11) is 0. The summed E-state index contributed by atoms with van der Waals surface area (Å²) in [6, 6.07) is 11.3. The molecule has 0 saturated heterocycles. The number of anilines is 1. The summed E-state index contributed by atoms with van der Waals surface area (Å²) in [5.74, 6) is 0.476. The van der Waals surface area contributed by atoms with Gasteiger partial charge in [0.25, 0.3) is 5.91 Å². The van der Waals surface area contributed by atoms with Crippen LogP contribution in [-0.4, -0.2) is 20.4 Å². The number of pyridine rings is 1. The number of H-pyrrole nitrogens is 1. The predicted molar refractivity (Wildman–Crippen MR) is 100 cm³/mol. The number of carbonyl (C=O) groups excluding carboxylic acids is 1. The van der Waals surface area contributed by atoms with Crippen LogP contribution in [0.5, 0.6) is 0 Å². The summed E-state index contributed by atoms with van der Waals surface area (Å²) in [5, 5.41) is 2.70. The first-order valence-corrected chi connectivity index (χ1v) is 8.87. The second-order valence-corrected chi connectivity index (χ2v) is 6.44. The average Bonchev–Trinajstić information content (AvgIpc) is 2.86. The summed E-state index contributed by atoms with van der Waals surface area (Å²) in [4.78, 5) is 32.2. The fourth-order valence-electron chi connectivity index (χ4n) is 3.40. The van der Waals surface area contributed by atoms with Gasteiger partial charge in [0.1, 0.15) is 17.2 Å². The minimum absolute atomic E-state index is 0.231. The van der Waals surface area contributed by atoms with Crippen LogP contribution in [0, 0.1) is 0 Å². The van der Waals surface area contributed by atoms with Crippen LogP contribution in [0.1, 0.15) is 35.4 Å². The van der Waals surface area contributed by atoms with Crippen molar-refractivity contribution < 1.29 is 4.79 Å². The third-order valence-corrected chi connectivity index (χ3v) is 4.69. The van der Waals surface area contributed by atoms with Gasteiger partial charge in [-0.25, -0.2) is 4.98 Å². The molecule has 2 aromatic heterocycles. The van der Waals surface area contributed by atoms with E-state index >= 15 is 0 Å². The van der Waals surface area contributed by atoms with Crippen LogP contribution in [0.3, 0.4) is 0 Å². The van der Waals surface area contributed by atoms with Crippen LogP contribution in [0.25, 0.3) is 11.4 Å². The molecule has 6 nitrogen and oxygen atoms in total. The Hall–Kier alpha value is -3.15. The van der Waals surface area contributed by atoms with Crippen molar-refractivity contribution in [2.24, 2.45) is 0 Å². The van der Waals surface area contributed by atoms with E-state index < -0.39 is 0 Å². The number of fused-ring (bicyclic) bond motifs is 1. The van der Waals surface area contributed by atoms with Crippen LogP contribution in [0.4, 0.5) is 5.69 Å². The molecule has 1 amide bonds. The zero-order valence-electron chi connectivity index (χ0n) is 14.4. The Bertz CT molecular complexity index is 989. The van der Waals surface area contributed by atoms with Gasteiger partial charge in [0.2, 0.25) is 5.43 Å². The summed E-state index contributed by atoms with van der Waals surface area (Å²) in [5.41, 5.74) is 2.35. The Morgan fingerprint density at radius 1 is 1.12 bits per heavy atom. The third kappa shape index (κ3) is 3.06. The van der Waals surface area contributed by atoms with Crippen LogP contribution in [0.2, 0.25) is 0 Å². The average molecular weight is 348 g/mol. The van der Waals surface area contributed by atoms with Gasteiger partial charge in [0.05, 0.1) is 5.69 Å². The summed E-state index contributed by atoms with van der Waals surface area (Å²) in [6.45, 7) is 0.853. The molecule has 0 saturated carbocycles. The maximum absolute atomic E-state index is 12.9. The molecule has 1 aliphatic heterocycles. The van der Waals surface area contributed by atoms with Crippen molar-refractivity contribution in [2.45, 2.75) is 32.2 Å². The fraction of sp³-hybridized carbons (Fsp3) is 0.250. The van der Waals surface area contributed by atoms with Gasteiger partial charge in [-0.15, -0.1) is 0 Å². The second kappa shape index (κ2) is 7.00. The number of aromatic nitrogens is 3. The zero-order chi connectivity index (χ0) is 17.9. The summed E-state index contributed by atoms with van der Waals surface area (Å²) < 4.78 is 2.16. The van der Waals surface area contributed by atoms with E-state index in [1.807, 2.05) is 30.3 Å². The Labute approximate surface area is 150 Å². The molecule has 0 unspecified atom stereocenters. The molecule has 2 N–H and O–H groups in total. The Morgan fingerprint density at radius 3 is 2.77 bits per heavy atom. The first-order chi connectivity index (χ1) is 12.7. The minimum Gasteiger partial charge on any atom is -0.366 e. The molecule has 132 valence electrons. The molecule has 3 heterocycles. The number of nitrogens with one attached hydrogen (secondary N) is 2. The van der Waals surface area contributed by atoms with E-state index in [0.717, 1.165) is 49.3 Å². The molecule has 0 atom stereocenters. The van der Waals surface area contributed by atoms with E-state index in [4.69, 9.17) is 0 Å². The molecule has 0 aliphatic carbocycles. The molecule has 3 aromatic rings. The van der Waals surface area contributed by atoms with E-state index in [-0.39, 0.29) is 17.0 Å². The number of hydrogen-bond donors (Lipinski definition) is 2.